The number of nitrogens with zero attached hydrogens (tertiary/aromatic N) is 2. The van der Waals surface area contributed by atoms with Crippen molar-refractivity contribution in [1.82, 2.24) is 4.98 Å². The van der Waals surface area contributed by atoms with Crippen LogP contribution in [0.2, 0.25) is 0 Å². The summed E-state index contributed by atoms with van der Waals surface area (Å²) < 4.78 is 11.9. The molecular formula is C26H26N2O2. The van der Waals surface area contributed by atoms with Crippen molar-refractivity contribution in [1.29, 1.82) is 0 Å². The highest BCUT2D eigenvalue weighted by Crippen LogP contribution is 2.26. The fourth-order valence-corrected chi connectivity index (χ4v) is 3.26. The summed E-state index contributed by atoms with van der Waals surface area (Å²) in [6.45, 7) is 0.651. The van der Waals surface area contributed by atoms with E-state index in [4.69, 9.17) is 9.15 Å². The van der Waals surface area contributed by atoms with E-state index >= 15 is 0 Å². The first-order valence-corrected chi connectivity index (χ1v) is 10.2. The van der Waals surface area contributed by atoms with E-state index in [-0.39, 0.29) is 0 Å². The maximum Gasteiger partial charge on any atom is 0.138 e. The van der Waals surface area contributed by atoms with Crippen LogP contribution < -0.4 is 9.64 Å². The Kier molecular flexibility index (Phi) is 6.14. The van der Waals surface area contributed by atoms with Crippen LogP contribution in [0.3, 0.4) is 0 Å². The first-order chi connectivity index (χ1) is 14.7. The molecule has 0 aliphatic rings. The van der Waals surface area contributed by atoms with Crippen molar-refractivity contribution in [2.75, 3.05) is 25.6 Å². The van der Waals surface area contributed by atoms with Crippen molar-refractivity contribution >= 4 is 28.8 Å². The van der Waals surface area contributed by atoms with Gasteiger partial charge in [0, 0.05) is 43.1 Å². The Balaban J connectivity index is 1.36. The van der Waals surface area contributed by atoms with Crippen LogP contribution in [0.15, 0.2) is 77.3 Å². The second-order valence-corrected chi connectivity index (χ2v) is 7.44. The molecule has 0 radical (unpaired) electrons. The number of fused-ring (bicyclic) bond motifs is 1. The van der Waals surface area contributed by atoms with Crippen LogP contribution in [0.1, 0.15) is 23.4 Å². The quantitative estimate of drug-likeness (QED) is 0.337. The van der Waals surface area contributed by atoms with E-state index in [9.17, 15) is 0 Å². The van der Waals surface area contributed by atoms with Gasteiger partial charge in [-0.2, -0.15) is 0 Å². The zero-order chi connectivity index (χ0) is 20.8. The number of aryl methyl sites for hydroxylation is 1. The van der Waals surface area contributed by atoms with Crippen LogP contribution in [0.5, 0.6) is 5.75 Å². The molecule has 0 saturated heterocycles. The lowest BCUT2D eigenvalue weighted by Gasteiger charge is -2.11. The molecule has 4 heteroatoms. The van der Waals surface area contributed by atoms with Crippen molar-refractivity contribution in [3.63, 3.8) is 0 Å². The van der Waals surface area contributed by atoms with Gasteiger partial charge in [0.05, 0.1) is 6.61 Å². The Labute approximate surface area is 177 Å². The Morgan fingerprint density at radius 2 is 1.83 bits per heavy atom. The van der Waals surface area contributed by atoms with E-state index in [1.165, 1.54) is 5.69 Å². The average molecular weight is 399 g/mol. The number of pyridine rings is 1. The molecule has 0 aliphatic heterocycles. The summed E-state index contributed by atoms with van der Waals surface area (Å²) in [6.07, 6.45) is 7.72. The van der Waals surface area contributed by atoms with Crippen molar-refractivity contribution in [3.8, 4) is 5.75 Å². The van der Waals surface area contributed by atoms with E-state index < -0.39 is 0 Å². The second-order valence-electron chi connectivity index (χ2n) is 7.44. The standard InChI is InChI=1S/C26H26N2O2/c1-28(2)23-12-8-20(9-13-23)10-14-25-18-21-11-15-24(19-26(21)30-25)29-17-5-7-22-6-3-4-16-27-22/h3-4,6,8-16,18-19H,5,7,17H2,1-2H3/b14-10+. The van der Waals surface area contributed by atoms with E-state index in [2.05, 4.69) is 40.2 Å². The van der Waals surface area contributed by atoms with Gasteiger partial charge in [-0.15, -0.1) is 0 Å². The van der Waals surface area contributed by atoms with Crippen molar-refractivity contribution in [3.05, 3.63) is 89.9 Å². The third kappa shape index (κ3) is 5.09. The lowest BCUT2D eigenvalue weighted by Crippen LogP contribution is -2.07. The minimum atomic E-state index is 0.651. The molecule has 30 heavy (non-hydrogen) atoms. The van der Waals surface area contributed by atoms with Crippen LogP contribution in [-0.2, 0) is 6.42 Å². The second kappa shape index (κ2) is 9.31. The zero-order valence-corrected chi connectivity index (χ0v) is 17.4. The minimum Gasteiger partial charge on any atom is -0.493 e. The monoisotopic (exact) mass is 398 g/mol. The summed E-state index contributed by atoms with van der Waals surface area (Å²) in [6, 6.07) is 22.4. The fourth-order valence-electron chi connectivity index (χ4n) is 3.26. The number of furan rings is 1. The Bertz CT molecular complexity index is 1110. The molecular weight excluding hydrogens is 372 g/mol. The number of hydrogen-bond acceptors (Lipinski definition) is 4. The van der Waals surface area contributed by atoms with Gasteiger partial charge in [-0.1, -0.05) is 24.3 Å². The lowest BCUT2D eigenvalue weighted by molar-refractivity contribution is 0.310. The van der Waals surface area contributed by atoms with Crippen molar-refractivity contribution in [2.24, 2.45) is 0 Å². The zero-order valence-electron chi connectivity index (χ0n) is 17.4. The van der Waals surface area contributed by atoms with Gasteiger partial charge >= 0.3 is 0 Å². The van der Waals surface area contributed by atoms with Crippen LogP contribution >= 0.6 is 0 Å². The predicted octanol–water partition coefficient (Wildman–Crippen LogP) is 6.08. The van der Waals surface area contributed by atoms with Gasteiger partial charge in [-0.3, -0.25) is 4.98 Å². The predicted molar refractivity (Wildman–Crippen MR) is 124 cm³/mol. The average Bonchev–Trinajstić information content (AvgIpc) is 3.18. The molecule has 0 spiro atoms. The van der Waals surface area contributed by atoms with Crippen LogP contribution in [-0.4, -0.2) is 25.7 Å². The Morgan fingerprint density at radius 3 is 2.60 bits per heavy atom. The summed E-state index contributed by atoms with van der Waals surface area (Å²) in [5.74, 6) is 1.65. The number of anilines is 1. The lowest BCUT2D eigenvalue weighted by atomic mass is 10.1. The molecule has 0 aliphatic carbocycles. The molecule has 2 aromatic heterocycles. The largest absolute Gasteiger partial charge is 0.493 e. The fraction of sp³-hybridized carbons (Fsp3) is 0.192. The molecule has 0 bridgehead atoms. The smallest absolute Gasteiger partial charge is 0.138 e. The summed E-state index contributed by atoms with van der Waals surface area (Å²) in [5.41, 5.74) is 4.25. The third-order valence-corrected chi connectivity index (χ3v) is 4.93. The van der Waals surface area contributed by atoms with Crippen LogP contribution in [0.4, 0.5) is 5.69 Å². The van der Waals surface area contributed by atoms with E-state index in [1.54, 1.807) is 0 Å². The molecule has 2 heterocycles. The summed E-state index contributed by atoms with van der Waals surface area (Å²) in [7, 11) is 4.08. The van der Waals surface area contributed by atoms with Gasteiger partial charge in [-0.25, -0.2) is 0 Å². The number of benzene rings is 2. The van der Waals surface area contributed by atoms with Crippen molar-refractivity contribution < 1.29 is 9.15 Å². The van der Waals surface area contributed by atoms with Crippen molar-refractivity contribution in [2.45, 2.75) is 12.8 Å². The van der Waals surface area contributed by atoms with E-state index in [0.29, 0.717) is 6.61 Å². The first kappa shape index (κ1) is 19.8. The van der Waals surface area contributed by atoms with Gasteiger partial charge in [0.2, 0.25) is 0 Å². The highest BCUT2D eigenvalue weighted by Gasteiger charge is 2.04. The van der Waals surface area contributed by atoms with Crippen LogP contribution in [0, 0.1) is 0 Å². The molecule has 2 aromatic carbocycles. The van der Waals surface area contributed by atoms with Gasteiger partial charge < -0.3 is 14.1 Å². The number of aromatic nitrogens is 1. The van der Waals surface area contributed by atoms with Gasteiger partial charge in [0.25, 0.3) is 0 Å². The summed E-state index contributed by atoms with van der Waals surface area (Å²) in [5, 5.41) is 1.07. The Hall–Kier alpha value is -3.53. The van der Waals surface area contributed by atoms with Gasteiger partial charge in [-0.05, 0) is 66.9 Å². The summed E-state index contributed by atoms with van der Waals surface area (Å²) >= 11 is 0. The summed E-state index contributed by atoms with van der Waals surface area (Å²) in [4.78, 5) is 6.43. The van der Waals surface area contributed by atoms with Gasteiger partial charge in [0.15, 0.2) is 0 Å². The molecule has 0 N–H and O–H groups in total. The SMILES string of the molecule is CN(C)c1ccc(/C=C/c2cc3ccc(OCCCc4ccccn4)cc3o2)cc1. The maximum absolute atomic E-state index is 5.98. The molecule has 0 amide bonds. The molecule has 152 valence electrons. The third-order valence-electron chi connectivity index (χ3n) is 4.93. The van der Waals surface area contributed by atoms with Gasteiger partial charge in [0.1, 0.15) is 17.1 Å². The highest BCUT2D eigenvalue weighted by molar-refractivity contribution is 5.83. The molecule has 4 rings (SSSR count). The minimum absolute atomic E-state index is 0.651. The van der Waals surface area contributed by atoms with E-state index in [0.717, 1.165) is 46.6 Å². The molecule has 4 aromatic rings. The van der Waals surface area contributed by atoms with E-state index in [1.807, 2.05) is 68.8 Å². The highest BCUT2D eigenvalue weighted by atomic mass is 16.5. The molecule has 4 nitrogen and oxygen atoms in total. The normalized spacial score (nSPS) is 11.3. The Morgan fingerprint density at radius 1 is 0.967 bits per heavy atom. The van der Waals surface area contributed by atoms with Crippen LogP contribution in [0.25, 0.3) is 23.1 Å². The molecule has 0 unspecified atom stereocenters. The number of ether oxygens (including phenoxy) is 1. The number of rotatable bonds is 8. The molecule has 0 atom stereocenters. The topological polar surface area (TPSA) is 38.5 Å². The maximum atomic E-state index is 5.98. The number of hydrogen-bond donors (Lipinski definition) is 0. The first-order valence-electron chi connectivity index (χ1n) is 10.2. The molecule has 0 saturated carbocycles. The molecule has 0 fully saturated rings.